The Hall–Kier alpha value is -1.85. The summed E-state index contributed by atoms with van der Waals surface area (Å²) < 4.78 is 1.67. The smallest absolute Gasteiger partial charge is 0.254 e. The van der Waals surface area contributed by atoms with Crippen molar-refractivity contribution >= 4 is 17.5 Å². The maximum absolute atomic E-state index is 12.2. The summed E-state index contributed by atoms with van der Waals surface area (Å²) in [5.74, 6) is 0.119. The third-order valence-corrected chi connectivity index (χ3v) is 3.50. The van der Waals surface area contributed by atoms with Gasteiger partial charge in [0, 0.05) is 17.8 Å². The largest absolute Gasteiger partial charge is 0.352 e. The molecule has 21 heavy (non-hydrogen) atoms. The molecule has 0 saturated heterocycles. The number of amides is 1. The molecule has 1 heterocycles. The highest BCUT2D eigenvalue weighted by atomic mass is 35.5. The molecule has 0 bridgehead atoms. The van der Waals surface area contributed by atoms with Gasteiger partial charge in [0.25, 0.3) is 5.91 Å². The highest BCUT2D eigenvalue weighted by Gasteiger charge is 2.14. The first-order chi connectivity index (χ1) is 10.0. The number of aromatic nitrogens is 2. The van der Waals surface area contributed by atoms with Crippen LogP contribution in [0.15, 0.2) is 30.5 Å². The molecule has 1 aromatic carbocycles. The van der Waals surface area contributed by atoms with E-state index in [-0.39, 0.29) is 11.8 Å². The van der Waals surface area contributed by atoms with Gasteiger partial charge in [-0.25, -0.2) is 4.68 Å². The highest BCUT2D eigenvalue weighted by molar-refractivity contribution is 6.30. The molecule has 0 aliphatic heterocycles. The minimum Gasteiger partial charge on any atom is -0.352 e. The van der Waals surface area contributed by atoms with Gasteiger partial charge in [0.15, 0.2) is 0 Å². The van der Waals surface area contributed by atoms with Crippen LogP contribution in [0.3, 0.4) is 0 Å². The monoisotopic (exact) mass is 306 g/mol. The molecular weight excluding hydrogens is 288 g/mol. The Morgan fingerprint density at radius 3 is 2.71 bits per heavy atom. The summed E-state index contributed by atoms with van der Waals surface area (Å²) in [5.41, 5.74) is 7.65. The van der Waals surface area contributed by atoms with Crippen LogP contribution in [0.25, 0.3) is 5.69 Å². The summed E-state index contributed by atoms with van der Waals surface area (Å²) in [5, 5.41) is 7.90. The number of nitrogens with one attached hydrogen (secondary N) is 1. The normalized spacial score (nSPS) is 12.2. The predicted molar refractivity (Wildman–Crippen MR) is 83.9 cm³/mol. The van der Waals surface area contributed by atoms with E-state index in [9.17, 15) is 4.79 Å². The van der Waals surface area contributed by atoms with Gasteiger partial charge in [-0.2, -0.15) is 5.10 Å². The van der Waals surface area contributed by atoms with E-state index in [2.05, 4.69) is 10.4 Å². The minimum absolute atomic E-state index is 0.131. The fourth-order valence-corrected chi connectivity index (χ4v) is 1.98. The van der Waals surface area contributed by atoms with Crippen LogP contribution in [0, 0.1) is 12.8 Å². The molecule has 0 aliphatic rings. The second kappa shape index (κ2) is 6.74. The summed E-state index contributed by atoms with van der Waals surface area (Å²) in [6.07, 6.45) is 1.72. The second-order valence-electron chi connectivity index (χ2n) is 5.10. The van der Waals surface area contributed by atoms with E-state index in [4.69, 9.17) is 17.3 Å². The maximum Gasteiger partial charge on any atom is 0.254 e. The number of rotatable bonds is 5. The molecular formula is C15H19ClN4O. The van der Waals surface area contributed by atoms with Crippen LogP contribution < -0.4 is 11.1 Å². The number of nitrogens with two attached hydrogens (primary N) is 1. The van der Waals surface area contributed by atoms with Crippen LogP contribution in [0.5, 0.6) is 0 Å². The van der Waals surface area contributed by atoms with Crippen LogP contribution in [-0.2, 0) is 0 Å². The third kappa shape index (κ3) is 3.83. The lowest BCUT2D eigenvalue weighted by Crippen LogP contribution is -2.31. The lowest BCUT2D eigenvalue weighted by molar-refractivity contribution is 0.0948. The second-order valence-corrected chi connectivity index (χ2v) is 5.54. The predicted octanol–water partition coefficient (Wildman–Crippen LogP) is 2.16. The molecule has 0 aliphatic carbocycles. The average Bonchev–Trinajstić information content (AvgIpc) is 2.87. The molecule has 2 rings (SSSR count). The number of benzene rings is 1. The van der Waals surface area contributed by atoms with Gasteiger partial charge in [-0.3, -0.25) is 4.79 Å². The highest BCUT2D eigenvalue weighted by Crippen LogP contribution is 2.15. The molecule has 112 valence electrons. The molecule has 6 heteroatoms. The van der Waals surface area contributed by atoms with Crippen LogP contribution in [0.1, 0.15) is 23.0 Å². The zero-order chi connectivity index (χ0) is 15.4. The van der Waals surface area contributed by atoms with E-state index < -0.39 is 0 Å². The fraction of sp³-hybridized carbons (Fsp3) is 0.333. The van der Waals surface area contributed by atoms with Crippen LogP contribution in [0.2, 0.25) is 5.02 Å². The number of carbonyl (C=O) groups is 1. The zero-order valence-electron chi connectivity index (χ0n) is 12.1. The van der Waals surface area contributed by atoms with E-state index in [0.29, 0.717) is 29.4 Å². The number of nitrogens with zero attached hydrogens (tertiary/aromatic N) is 2. The van der Waals surface area contributed by atoms with Gasteiger partial charge in [-0.15, -0.1) is 0 Å². The summed E-state index contributed by atoms with van der Waals surface area (Å²) in [6.45, 7) is 4.90. The lowest BCUT2D eigenvalue weighted by Gasteiger charge is -2.09. The first kappa shape index (κ1) is 15.5. The Balaban J connectivity index is 2.15. The topological polar surface area (TPSA) is 72.9 Å². The molecule has 0 saturated carbocycles. The number of aryl methyl sites for hydroxylation is 1. The van der Waals surface area contributed by atoms with E-state index in [1.54, 1.807) is 23.0 Å². The molecule has 0 radical (unpaired) electrons. The first-order valence-corrected chi connectivity index (χ1v) is 7.19. The van der Waals surface area contributed by atoms with Crippen molar-refractivity contribution in [2.45, 2.75) is 13.8 Å². The van der Waals surface area contributed by atoms with Crippen molar-refractivity contribution in [2.75, 3.05) is 13.1 Å². The number of hydrogen-bond acceptors (Lipinski definition) is 3. The van der Waals surface area contributed by atoms with Crippen molar-refractivity contribution in [3.8, 4) is 5.69 Å². The van der Waals surface area contributed by atoms with Crippen LogP contribution >= 0.6 is 11.6 Å². The molecule has 1 amide bonds. The SMILES string of the molecule is Cc1nn(-c2ccc(Cl)cc2)cc1C(=O)NCC(C)CN. The van der Waals surface area contributed by atoms with Crippen molar-refractivity contribution < 1.29 is 4.79 Å². The summed E-state index contributed by atoms with van der Waals surface area (Å²) in [7, 11) is 0. The van der Waals surface area contributed by atoms with Crippen molar-refractivity contribution in [1.82, 2.24) is 15.1 Å². The van der Waals surface area contributed by atoms with Gasteiger partial charge in [0.2, 0.25) is 0 Å². The van der Waals surface area contributed by atoms with Gasteiger partial charge in [0.05, 0.1) is 16.9 Å². The molecule has 2 aromatic rings. The lowest BCUT2D eigenvalue weighted by atomic mass is 10.2. The third-order valence-electron chi connectivity index (χ3n) is 3.25. The van der Waals surface area contributed by atoms with Gasteiger partial charge in [0.1, 0.15) is 0 Å². The molecule has 3 N–H and O–H groups in total. The van der Waals surface area contributed by atoms with E-state index in [1.807, 2.05) is 26.0 Å². The van der Waals surface area contributed by atoms with Gasteiger partial charge < -0.3 is 11.1 Å². The maximum atomic E-state index is 12.2. The fourth-order valence-electron chi connectivity index (χ4n) is 1.85. The average molecular weight is 307 g/mol. The number of halogens is 1. The standard InChI is InChI=1S/C15H19ClN4O/c1-10(7-17)8-18-15(21)14-9-20(19-11(14)2)13-5-3-12(16)4-6-13/h3-6,9-10H,7-8,17H2,1-2H3,(H,18,21). The van der Waals surface area contributed by atoms with Crippen molar-refractivity contribution in [3.05, 3.63) is 46.7 Å². The Bertz CT molecular complexity index is 621. The van der Waals surface area contributed by atoms with Crippen molar-refractivity contribution in [3.63, 3.8) is 0 Å². The summed E-state index contributed by atoms with van der Waals surface area (Å²) >= 11 is 5.87. The van der Waals surface area contributed by atoms with Gasteiger partial charge in [-0.05, 0) is 43.7 Å². The minimum atomic E-state index is -0.131. The Labute approximate surface area is 129 Å². The summed E-state index contributed by atoms with van der Waals surface area (Å²) in [4.78, 5) is 12.2. The molecule has 1 unspecified atom stereocenters. The van der Waals surface area contributed by atoms with Gasteiger partial charge in [-0.1, -0.05) is 18.5 Å². The number of carbonyl (C=O) groups excluding carboxylic acids is 1. The Morgan fingerprint density at radius 1 is 1.43 bits per heavy atom. The number of hydrogen-bond donors (Lipinski definition) is 2. The Morgan fingerprint density at radius 2 is 2.10 bits per heavy atom. The molecule has 1 aromatic heterocycles. The zero-order valence-corrected chi connectivity index (χ0v) is 12.9. The molecule has 1 atom stereocenters. The van der Waals surface area contributed by atoms with Gasteiger partial charge >= 0.3 is 0 Å². The quantitative estimate of drug-likeness (QED) is 0.889. The van der Waals surface area contributed by atoms with Crippen LogP contribution in [-0.4, -0.2) is 28.8 Å². The summed E-state index contributed by atoms with van der Waals surface area (Å²) in [6, 6.07) is 7.28. The van der Waals surface area contributed by atoms with E-state index in [0.717, 1.165) is 5.69 Å². The Kier molecular flexibility index (Phi) is 4.98. The van der Waals surface area contributed by atoms with Crippen molar-refractivity contribution in [1.29, 1.82) is 0 Å². The molecule has 0 spiro atoms. The van der Waals surface area contributed by atoms with Crippen molar-refractivity contribution in [2.24, 2.45) is 11.7 Å². The molecule has 0 fully saturated rings. The van der Waals surface area contributed by atoms with Crippen LogP contribution in [0.4, 0.5) is 0 Å². The first-order valence-electron chi connectivity index (χ1n) is 6.81. The van der Waals surface area contributed by atoms with E-state index in [1.165, 1.54) is 0 Å². The molecule has 5 nitrogen and oxygen atoms in total. The van der Waals surface area contributed by atoms with E-state index >= 15 is 0 Å².